The van der Waals surface area contributed by atoms with Crippen LogP contribution < -0.4 is 5.43 Å². The molecule has 0 aliphatic carbocycles. The van der Waals surface area contributed by atoms with Gasteiger partial charge in [0, 0.05) is 30.9 Å². The summed E-state index contributed by atoms with van der Waals surface area (Å²) in [5.41, 5.74) is 0.0236. The quantitative estimate of drug-likeness (QED) is 0.658. The Balaban J connectivity index is 2.33. The highest BCUT2D eigenvalue weighted by atomic mass is 16.4. The number of aliphatic hydroxyl groups excluding tert-OH is 1. The van der Waals surface area contributed by atoms with Crippen LogP contribution in [-0.4, -0.2) is 50.7 Å². The number of aliphatic hydroxyl groups is 1. The molecule has 19 heavy (non-hydrogen) atoms. The number of rotatable bonds is 2. The van der Waals surface area contributed by atoms with Crippen LogP contribution in [0.4, 0.5) is 0 Å². The number of carbonyl (C=O) groups excluding carboxylic acids is 1. The number of aromatic nitrogens is 1. The van der Waals surface area contributed by atoms with Gasteiger partial charge in [-0.3, -0.25) is 9.59 Å². The van der Waals surface area contributed by atoms with E-state index in [0.717, 1.165) is 4.90 Å². The zero-order valence-electron chi connectivity index (χ0n) is 10.3. The topological polar surface area (TPSA) is 111 Å². The molecule has 0 radical (unpaired) electrons. The molecule has 1 aromatic heterocycles. The summed E-state index contributed by atoms with van der Waals surface area (Å²) in [5.74, 6) is -1.86. The number of aliphatic carboxylic acids is 1. The molecule has 1 fully saturated rings. The number of aromatic amines is 1. The largest absolute Gasteiger partial charge is 0.480 e. The van der Waals surface area contributed by atoms with Crippen LogP contribution in [-0.2, 0) is 4.79 Å². The van der Waals surface area contributed by atoms with E-state index in [1.54, 1.807) is 6.92 Å². The number of β-amino-alcohol motifs (C(OH)–C–C–N with tert-alkyl or cyclic N) is 1. The number of carboxylic acid groups (broad SMARTS) is 1. The Morgan fingerprint density at radius 3 is 2.74 bits per heavy atom. The van der Waals surface area contributed by atoms with E-state index in [0.29, 0.717) is 5.69 Å². The molecule has 7 nitrogen and oxygen atoms in total. The second kappa shape index (κ2) is 4.85. The molecule has 0 spiro atoms. The molecule has 1 aliphatic heterocycles. The average molecular weight is 266 g/mol. The van der Waals surface area contributed by atoms with Crippen molar-refractivity contribution in [3.8, 4) is 0 Å². The Hall–Kier alpha value is -2.15. The van der Waals surface area contributed by atoms with Gasteiger partial charge in [-0.25, -0.2) is 4.79 Å². The molecule has 1 aliphatic rings. The second-order valence-electron chi connectivity index (χ2n) is 4.60. The lowest BCUT2D eigenvalue weighted by molar-refractivity contribution is -0.141. The molecule has 102 valence electrons. The van der Waals surface area contributed by atoms with E-state index in [2.05, 4.69) is 4.98 Å². The number of aryl methyl sites for hydroxylation is 1. The van der Waals surface area contributed by atoms with Gasteiger partial charge in [0.2, 0.25) is 0 Å². The van der Waals surface area contributed by atoms with E-state index in [4.69, 9.17) is 5.11 Å². The minimum atomic E-state index is -1.19. The predicted octanol–water partition coefficient (Wildman–Crippen LogP) is -0.657. The fourth-order valence-electron chi connectivity index (χ4n) is 2.17. The van der Waals surface area contributed by atoms with Crippen molar-refractivity contribution < 1.29 is 19.8 Å². The molecular weight excluding hydrogens is 252 g/mol. The van der Waals surface area contributed by atoms with Crippen molar-refractivity contribution in [1.29, 1.82) is 0 Å². The number of carbonyl (C=O) groups is 2. The molecule has 2 rings (SSSR count). The molecule has 7 heteroatoms. The summed E-state index contributed by atoms with van der Waals surface area (Å²) >= 11 is 0. The van der Waals surface area contributed by atoms with E-state index in [-0.39, 0.29) is 18.5 Å². The first-order valence-electron chi connectivity index (χ1n) is 5.81. The maximum absolute atomic E-state index is 12.2. The van der Waals surface area contributed by atoms with E-state index in [1.165, 1.54) is 12.3 Å². The summed E-state index contributed by atoms with van der Waals surface area (Å²) in [5, 5.41) is 18.5. The zero-order chi connectivity index (χ0) is 14.2. The number of likely N-dealkylation sites (tertiary alicyclic amines) is 1. The van der Waals surface area contributed by atoms with Crippen LogP contribution >= 0.6 is 0 Å². The van der Waals surface area contributed by atoms with E-state index in [1.807, 2.05) is 0 Å². The summed E-state index contributed by atoms with van der Waals surface area (Å²) in [6, 6.07) is 0.179. The molecule has 1 aromatic rings. The lowest BCUT2D eigenvalue weighted by Crippen LogP contribution is -2.42. The first-order chi connectivity index (χ1) is 8.90. The smallest absolute Gasteiger partial charge is 0.326 e. The Labute approximate surface area is 108 Å². The van der Waals surface area contributed by atoms with Crippen LogP contribution in [0, 0.1) is 6.92 Å². The molecule has 0 aromatic carbocycles. The van der Waals surface area contributed by atoms with Gasteiger partial charge in [0.1, 0.15) is 11.6 Å². The van der Waals surface area contributed by atoms with Gasteiger partial charge in [-0.05, 0) is 6.92 Å². The highest BCUT2D eigenvalue weighted by Gasteiger charge is 2.39. The van der Waals surface area contributed by atoms with Crippen molar-refractivity contribution in [3.05, 3.63) is 33.7 Å². The molecule has 2 unspecified atom stereocenters. The summed E-state index contributed by atoms with van der Waals surface area (Å²) in [6.45, 7) is 1.60. The van der Waals surface area contributed by atoms with Crippen LogP contribution in [0.15, 0.2) is 17.1 Å². The fourth-order valence-corrected chi connectivity index (χ4v) is 2.17. The summed E-state index contributed by atoms with van der Waals surface area (Å²) in [6.07, 6.45) is 0.364. The SMILES string of the molecule is Cc1cc(=O)c(C(=O)N2CC(O)CC2C(=O)O)c[nH]1. The molecule has 2 heterocycles. The molecule has 2 atom stereocenters. The highest BCUT2D eigenvalue weighted by molar-refractivity contribution is 5.96. The summed E-state index contributed by atoms with van der Waals surface area (Å²) < 4.78 is 0. The van der Waals surface area contributed by atoms with Gasteiger partial charge >= 0.3 is 5.97 Å². The lowest BCUT2D eigenvalue weighted by atomic mass is 10.2. The van der Waals surface area contributed by atoms with Crippen LogP contribution in [0.1, 0.15) is 22.5 Å². The fraction of sp³-hybridized carbons (Fsp3) is 0.417. The third-order valence-electron chi connectivity index (χ3n) is 3.11. The Kier molecular flexibility index (Phi) is 3.39. The first kappa shape index (κ1) is 13.3. The summed E-state index contributed by atoms with van der Waals surface area (Å²) in [4.78, 5) is 38.7. The maximum atomic E-state index is 12.2. The number of H-pyrrole nitrogens is 1. The Morgan fingerprint density at radius 1 is 1.47 bits per heavy atom. The van der Waals surface area contributed by atoms with Crippen molar-refractivity contribution in [2.24, 2.45) is 0 Å². The highest BCUT2D eigenvalue weighted by Crippen LogP contribution is 2.19. The lowest BCUT2D eigenvalue weighted by Gasteiger charge is -2.20. The maximum Gasteiger partial charge on any atom is 0.326 e. The number of pyridine rings is 1. The van der Waals surface area contributed by atoms with E-state index in [9.17, 15) is 19.5 Å². The second-order valence-corrected chi connectivity index (χ2v) is 4.60. The molecular formula is C12H14N2O5. The van der Waals surface area contributed by atoms with Crippen molar-refractivity contribution in [2.75, 3.05) is 6.54 Å². The number of hydrogen-bond acceptors (Lipinski definition) is 4. The minimum absolute atomic E-state index is 0.0230. The van der Waals surface area contributed by atoms with Gasteiger partial charge in [-0.1, -0.05) is 0 Å². The minimum Gasteiger partial charge on any atom is -0.480 e. The number of carboxylic acids is 1. The van der Waals surface area contributed by atoms with Crippen LogP contribution in [0.5, 0.6) is 0 Å². The number of nitrogens with one attached hydrogen (secondary N) is 1. The monoisotopic (exact) mass is 266 g/mol. The van der Waals surface area contributed by atoms with E-state index >= 15 is 0 Å². The predicted molar refractivity (Wildman–Crippen MR) is 64.9 cm³/mol. The van der Waals surface area contributed by atoms with Gasteiger partial charge in [0.25, 0.3) is 5.91 Å². The third-order valence-corrected chi connectivity index (χ3v) is 3.11. The van der Waals surface area contributed by atoms with E-state index < -0.39 is 29.5 Å². The van der Waals surface area contributed by atoms with Crippen LogP contribution in [0.25, 0.3) is 0 Å². The normalized spacial score (nSPS) is 22.5. The molecule has 0 saturated carbocycles. The molecule has 3 N–H and O–H groups in total. The summed E-state index contributed by atoms with van der Waals surface area (Å²) in [7, 11) is 0. The molecule has 1 amide bonds. The van der Waals surface area contributed by atoms with Gasteiger partial charge in [0.05, 0.1) is 6.10 Å². The van der Waals surface area contributed by atoms with Crippen LogP contribution in [0.3, 0.4) is 0 Å². The zero-order valence-corrected chi connectivity index (χ0v) is 10.3. The number of amides is 1. The van der Waals surface area contributed by atoms with Crippen molar-refractivity contribution >= 4 is 11.9 Å². The number of nitrogens with zero attached hydrogens (tertiary/aromatic N) is 1. The molecule has 1 saturated heterocycles. The average Bonchev–Trinajstić information content (AvgIpc) is 2.70. The first-order valence-corrected chi connectivity index (χ1v) is 5.81. The van der Waals surface area contributed by atoms with Crippen molar-refractivity contribution in [1.82, 2.24) is 9.88 Å². The third kappa shape index (κ3) is 2.50. The molecule has 0 bridgehead atoms. The van der Waals surface area contributed by atoms with Crippen molar-refractivity contribution in [2.45, 2.75) is 25.5 Å². The van der Waals surface area contributed by atoms with Gasteiger partial charge in [0.15, 0.2) is 5.43 Å². The van der Waals surface area contributed by atoms with Gasteiger partial charge < -0.3 is 20.1 Å². The Bertz CT molecular complexity index is 580. The van der Waals surface area contributed by atoms with Gasteiger partial charge in [-0.2, -0.15) is 0 Å². The van der Waals surface area contributed by atoms with Gasteiger partial charge in [-0.15, -0.1) is 0 Å². The standard InChI is InChI=1S/C12H14N2O5/c1-6-2-10(16)8(4-13-6)11(17)14-5-7(15)3-9(14)12(18)19/h2,4,7,9,15H,3,5H2,1H3,(H,13,16)(H,18,19). The Morgan fingerprint density at radius 2 is 2.16 bits per heavy atom. The van der Waals surface area contributed by atoms with Crippen LogP contribution in [0.2, 0.25) is 0 Å². The van der Waals surface area contributed by atoms with Crippen molar-refractivity contribution in [3.63, 3.8) is 0 Å². The number of hydrogen-bond donors (Lipinski definition) is 3.